The van der Waals surface area contributed by atoms with Gasteiger partial charge >= 0.3 is 0 Å². The molecule has 5 heterocycles. The van der Waals surface area contributed by atoms with Crippen molar-refractivity contribution < 1.29 is 0 Å². The molecule has 5 aromatic rings. The number of para-hydroxylation sites is 1. The fourth-order valence-electron chi connectivity index (χ4n) is 4.33. The van der Waals surface area contributed by atoms with Gasteiger partial charge in [-0.2, -0.15) is 9.47 Å². The summed E-state index contributed by atoms with van der Waals surface area (Å²) in [6.07, 6.45) is 9.81. The number of nitrogens with zero attached hydrogens (tertiary/aromatic N) is 6. The molecule has 32 heavy (non-hydrogen) atoms. The maximum absolute atomic E-state index is 4.70. The van der Waals surface area contributed by atoms with Crippen LogP contribution >= 0.6 is 11.5 Å². The van der Waals surface area contributed by atoms with Crippen molar-refractivity contribution in [3.63, 3.8) is 0 Å². The average molecular weight is 443 g/mol. The monoisotopic (exact) mass is 442 g/mol. The Bertz CT molecular complexity index is 1380. The van der Waals surface area contributed by atoms with E-state index in [0.717, 1.165) is 58.6 Å². The maximum Gasteiger partial charge on any atom is 0.180 e. The number of aryl methyl sites for hydroxylation is 2. The van der Waals surface area contributed by atoms with Crippen LogP contribution in [0, 0.1) is 6.92 Å². The second-order valence-electron chi connectivity index (χ2n) is 8.02. The number of aromatic amines is 1. The molecule has 0 aliphatic carbocycles. The van der Waals surface area contributed by atoms with Crippen molar-refractivity contribution in [2.24, 2.45) is 0 Å². The molecule has 0 radical (unpaired) electrons. The fourth-order valence-corrected chi connectivity index (χ4v) is 4.99. The molecule has 0 saturated carbocycles. The Morgan fingerprint density at radius 1 is 1.22 bits per heavy atom. The summed E-state index contributed by atoms with van der Waals surface area (Å²) in [5.41, 5.74) is 7.43. The number of imidazole rings is 1. The summed E-state index contributed by atoms with van der Waals surface area (Å²) in [6, 6.07) is 10.8. The summed E-state index contributed by atoms with van der Waals surface area (Å²) in [5.74, 6) is 0.721. The van der Waals surface area contributed by atoms with E-state index < -0.39 is 0 Å². The minimum Gasteiger partial charge on any atom is -0.365 e. The maximum atomic E-state index is 4.70. The predicted molar refractivity (Wildman–Crippen MR) is 127 cm³/mol. The van der Waals surface area contributed by atoms with Gasteiger partial charge in [0.15, 0.2) is 11.5 Å². The Labute approximate surface area is 189 Å². The van der Waals surface area contributed by atoms with Gasteiger partial charge in [0.1, 0.15) is 5.00 Å². The Balaban J connectivity index is 1.27. The van der Waals surface area contributed by atoms with Crippen molar-refractivity contribution in [2.75, 3.05) is 16.8 Å². The number of nitrogens with one attached hydrogen (secondary N) is 2. The van der Waals surface area contributed by atoms with E-state index in [1.807, 2.05) is 29.9 Å². The third-order valence-electron chi connectivity index (χ3n) is 5.77. The molecule has 9 heteroatoms. The van der Waals surface area contributed by atoms with Crippen LogP contribution in [0.3, 0.4) is 0 Å². The zero-order valence-corrected chi connectivity index (χ0v) is 18.4. The van der Waals surface area contributed by atoms with Gasteiger partial charge in [-0.1, -0.05) is 18.2 Å². The standard InChI is InChI=1S/C23H22N8S/c1-15-13-31-20(17-10-25-26-11-17)12-24-23(31)22(27-15)28-21-9-18(29-32-21)14-30-8-4-6-16-5-2-3-7-19(16)30/h2-3,5,7,9-13H,4,6,8,14H2,1H3,(H,25,26)(H,27,28). The highest BCUT2D eigenvalue weighted by Crippen LogP contribution is 2.30. The van der Waals surface area contributed by atoms with Gasteiger partial charge < -0.3 is 10.2 Å². The number of aromatic nitrogens is 6. The fraction of sp³-hybridized carbons (Fsp3) is 0.217. The van der Waals surface area contributed by atoms with Crippen molar-refractivity contribution in [3.8, 4) is 11.3 Å². The molecule has 0 amide bonds. The zero-order chi connectivity index (χ0) is 21.5. The third kappa shape index (κ3) is 3.40. The van der Waals surface area contributed by atoms with Crippen LogP contribution in [0.25, 0.3) is 16.9 Å². The summed E-state index contributed by atoms with van der Waals surface area (Å²) in [6.45, 7) is 3.84. The van der Waals surface area contributed by atoms with E-state index in [1.165, 1.54) is 29.2 Å². The van der Waals surface area contributed by atoms with Crippen LogP contribution in [-0.4, -0.2) is 35.5 Å². The Hall–Kier alpha value is -3.72. The highest BCUT2D eigenvalue weighted by molar-refractivity contribution is 7.10. The van der Waals surface area contributed by atoms with Crippen LogP contribution < -0.4 is 10.2 Å². The Kier molecular flexibility index (Phi) is 4.61. The molecular formula is C23H22N8S. The van der Waals surface area contributed by atoms with E-state index >= 15 is 0 Å². The summed E-state index contributed by atoms with van der Waals surface area (Å²) in [4.78, 5) is 11.7. The molecule has 0 spiro atoms. The predicted octanol–water partition coefficient (Wildman–Crippen LogP) is 4.58. The van der Waals surface area contributed by atoms with E-state index in [1.54, 1.807) is 6.20 Å². The summed E-state index contributed by atoms with van der Waals surface area (Å²) < 4.78 is 6.74. The molecule has 6 rings (SSSR count). The lowest BCUT2D eigenvalue weighted by Crippen LogP contribution is -2.28. The highest BCUT2D eigenvalue weighted by atomic mass is 32.1. The molecule has 1 aromatic carbocycles. The molecule has 0 bridgehead atoms. The minimum absolute atomic E-state index is 0.721. The zero-order valence-electron chi connectivity index (χ0n) is 17.6. The average Bonchev–Trinajstić information content (AvgIpc) is 3.55. The molecule has 8 nitrogen and oxygen atoms in total. The van der Waals surface area contributed by atoms with Crippen molar-refractivity contribution >= 4 is 33.7 Å². The van der Waals surface area contributed by atoms with Crippen LogP contribution in [0.5, 0.6) is 0 Å². The number of anilines is 3. The third-order valence-corrected chi connectivity index (χ3v) is 6.51. The molecule has 1 aliphatic rings. The molecule has 2 N–H and O–H groups in total. The normalized spacial score (nSPS) is 13.5. The number of benzene rings is 1. The van der Waals surface area contributed by atoms with Crippen LogP contribution in [0.1, 0.15) is 23.4 Å². The van der Waals surface area contributed by atoms with Crippen LogP contribution in [0.4, 0.5) is 16.5 Å². The first-order chi connectivity index (χ1) is 15.7. The number of fused-ring (bicyclic) bond motifs is 2. The first kappa shape index (κ1) is 19.0. The van der Waals surface area contributed by atoms with Gasteiger partial charge in [0.05, 0.1) is 36.0 Å². The van der Waals surface area contributed by atoms with E-state index in [0.29, 0.717) is 0 Å². The molecule has 4 aromatic heterocycles. The largest absolute Gasteiger partial charge is 0.365 e. The van der Waals surface area contributed by atoms with Crippen molar-refractivity contribution in [2.45, 2.75) is 26.3 Å². The summed E-state index contributed by atoms with van der Waals surface area (Å²) in [5, 5.41) is 11.3. The molecule has 160 valence electrons. The molecular weight excluding hydrogens is 420 g/mol. The Morgan fingerprint density at radius 2 is 2.16 bits per heavy atom. The molecule has 0 unspecified atom stereocenters. The lowest BCUT2D eigenvalue weighted by Gasteiger charge is -2.30. The first-order valence-corrected chi connectivity index (χ1v) is 11.4. The van der Waals surface area contributed by atoms with Gasteiger partial charge in [-0.25, -0.2) is 9.97 Å². The van der Waals surface area contributed by atoms with Gasteiger partial charge in [-0.15, -0.1) is 0 Å². The van der Waals surface area contributed by atoms with Crippen molar-refractivity contribution in [3.05, 3.63) is 72.1 Å². The quantitative estimate of drug-likeness (QED) is 0.414. The van der Waals surface area contributed by atoms with Gasteiger partial charge in [-0.05, 0) is 49.0 Å². The van der Waals surface area contributed by atoms with Gasteiger partial charge in [-0.3, -0.25) is 9.50 Å². The van der Waals surface area contributed by atoms with Crippen LogP contribution in [0.2, 0.25) is 0 Å². The summed E-state index contributed by atoms with van der Waals surface area (Å²) >= 11 is 1.45. The Morgan fingerprint density at radius 3 is 3.06 bits per heavy atom. The van der Waals surface area contributed by atoms with Crippen molar-refractivity contribution in [1.29, 1.82) is 0 Å². The van der Waals surface area contributed by atoms with E-state index in [-0.39, 0.29) is 0 Å². The minimum atomic E-state index is 0.721. The van der Waals surface area contributed by atoms with Gasteiger partial charge in [0.2, 0.25) is 0 Å². The molecule has 0 fully saturated rings. The number of hydrogen-bond acceptors (Lipinski definition) is 7. The molecule has 0 saturated heterocycles. The topological polar surface area (TPSA) is 87.0 Å². The second-order valence-corrected chi connectivity index (χ2v) is 8.82. The number of rotatable bonds is 5. The first-order valence-electron chi connectivity index (χ1n) is 10.6. The number of hydrogen-bond donors (Lipinski definition) is 2. The van der Waals surface area contributed by atoms with E-state index in [4.69, 9.17) is 9.36 Å². The number of H-pyrrole nitrogens is 1. The highest BCUT2D eigenvalue weighted by Gasteiger charge is 2.18. The van der Waals surface area contributed by atoms with E-state index in [2.05, 4.69) is 55.7 Å². The van der Waals surface area contributed by atoms with Crippen LogP contribution in [-0.2, 0) is 13.0 Å². The second kappa shape index (κ2) is 7.76. The lowest BCUT2D eigenvalue weighted by atomic mass is 10.0. The lowest BCUT2D eigenvalue weighted by molar-refractivity contribution is 0.687. The SMILES string of the molecule is Cc1cn2c(-c3cn[nH]c3)cnc2c(Nc2cc(CN3CCCc4ccccc43)ns2)n1. The molecule has 1 aliphatic heterocycles. The summed E-state index contributed by atoms with van der Waals surface area (Å²) in [7, 11) is 0. The van der Waals surface area contributed by atoms with Gasteiger partial charge in [0, 0.05) is 30.2 Å². The van der Waals surface area contributed by atoms with Crippen molar-refractivity contribution in [1.82, 2.24) is 28.9 Å². The van der Waals surface area contributed by atoms with Gasteiger partial charge in [0.25, 0.3) is 0 Å². The van der Waals surface area contributed by atoms with Crippen LogP contribution in [0.15, 0.2) is 55.1 Å². The van der Waals surface area contributed by atoms with E-state index in [9.17, 15) is 0 Å². The smallest absolute Gasteiger partial charge is 0.180 e. The molecule has 0 atom stereocenters.